The Kier molecular flexibility index (Phi) is 6.82. The largest absolute Gasteiger partial charge is 0.493 e. The minimum absolute atomic E-state index is 0.181. The lowest BCUT2D eigenvalue weighted by Crippen LogP contribution is -2.28. The van der Waals surface area contributed by atoms with Crippen molar-refractivity contribution in [2.24, 2.45) is 0 Å². The highest BCUT2D eigenvalue weighted by atomic mass is 16.5. The zero-order chi connectivity index (χ0) is 20.7. The van der Waals surface area contributed by atoms with Crippen molar-refractivity contribution in [1.29, 1.82) is 0 Å². The van der Waals surface area contributed by atoms with Crippen molar-refractivity contribution in [3.8, 4) is 11.5 Å². The number of amides is 1. The van der Waals surface area contributed by atoms with E-state index < -0.39 is 11.4 Å². The number of nitrogens with one attached hydrogen (secondary N) is 1. The molecule has 0 atom stereocenters. The smallest absolute Gasteiger partial charge is 0.313 e. The van der Waals surface area contributed by atoms with Gasteiger partial charge in [-0.25, -0.2) is 0 Å². The zero-order valence-corrected chi connectivity index (χ0v) is 16.3. The molecule has 6 nitrogen and oxygen atoms in total. The summed E-state index contributed by atoms with van der Waals surface area (Å²) < 4.78 is 10.9. The van der Waals surface area contributed by atoms with Gasteiger partial charge in [-0.3, -0.25) is 9.59 Å². The molecule has 2 aromatic carbocycles. The fraction of sp³-hybridized carbons (Fsp3) is 0.273. The van der Waals surface area contributed by atoms with E-state index in [1.165, 1.54) is 0 Å². The number of allylic oxidation sites excluding steroid dienone is 1. The Morgan fingerprint density at radius 1 is 1.14 bits per heavy atom. The van der Waals surface area contributed by atoms with Crippen LogP contribution in [0.1, 0.15) is 25.0 Å². The second kappa shape index (κ2) is 9.08. The van der Waals surface area contributed by atoms with Crippen molar-refractivity contribution in [3.05, 3.63) is 66.2 Å². The molecule has 0 saturated heterocycles. The Morgan fingerprint density at radius 3 is 2.39 bits per heavy atom. The highest BCUT2D eigenvalue weighted by molar-refractivity contribution is 5.92. The van der Waals surface area contributed by atoms with E-state index in [2.05, 4.69) is 11.9 Å². The Bertz CT molecular complexity index is 856. The summed E-state index contributed by atoms with van der Waals surface area (Å²) >= 11 is 0. The number of carbonyl (C=O) groups is 2. The van der Waals surface area contributed by atoms with Crippen LogP contribution in [0.5, 0.6) is 11.5 Å². The molecule has 0 bridgehead atoms. The first-order valence-electron chi connectivity index (χ1n) is 8.82. The third-order valence-electron chi connectivity index (χ3n) is 4.39. The SMILES string of the molecule is C=CCc1ccc(OCC(=O)Nc2ccc(C(C)(C)C(=O)O)cc2)c(OC)c1. The van der Waals surface area contributed by atoms with Crippen LogP contribution in [0, 0.1) is 0 Å². The van der Waals surface area contributed by atoms with E-state index in [0.717, 1.165) is 5.56 Å². The third-order valence-corrected chi connectivity index (χ3v) is 4.39. The maximum Gasteiger partial charge on any atom is 0.313 e. The molecule has 2 rings (SSSR count). The summed E-state index contributed by atoms with van der Waals surface area (Å²) in [5.41, 5.74) is 1.25. The van der Waals surface area contributed by atoms with Gasteiger partial charge in [-0.1, -0.05) is 24.3 Å². The van der Waals surface area contributed by atoms with Crippen molar-refractivity contribution in [2.75, 3.05) is 19.0 Å². The van der Waals surface area contributed by atoms with Gasteiger partial charge < -0.3 is 19.9 Å². The molecule has 1 amide bonds. The predicted molar refractivity (Wildman–Crippen MR) is 108 cm³/mol. The number of rotatable bonds is 9. The minimum atomic E-state index is -1.00. The molecule has 2 aromatic rings. The van der Waals surface area contributed by atoms with E-state index in [1.807, 2.05) is 12.1 Å². The van der Waals surface area contributed by atoms with Crippen molar-refractivity contribution < 1.29 is 24.2 Å². The summed E-state index contributed by atoms with van der Waals surface area (Å²) in [4.78, 5) is 23.5. The molecule has 0 aliphatic heterocycles. The fourth-order valence-electron chi connectivity index (χ4n) is 2.56. The minimum Gasteiger partial charge on any atom is -0.493 e. The second-order valence-electron chi connectivity index (χ2n) is 6.82. The van der Waals surface area contributed by atoms with Crippen LogP contribution in [0.4, 0.5) is 5.69 Å². The number of carboxylic acids is 1. The zero-order valence-electron chi connectivity index (χ0n) is 16.3. The Morgan fingerprint density at radius 2 is 1.82 bits per heavy atom. The van der Waals surface area contributed by atoms with E-state index >= 15 is 0 Å². The maximum absolute atomic E-state index is 12.2. The summed E-state index contributed by atoms with van der Waals surface area (Å²) in [6, 6.07) is 12.2. The van der Waals surface area contributed by atoms with Crippen LogP contribution in [-0.2, 0) is 21.4 Å². The van der Waals surface area contributed by atoms with Gasteiger partial charge in [0.05, 0.1) is 12.5 Å². The quantitative estimate of drug-likeness (QED) is 0.644. The summed E-state index contributed by atoms with van der Waals surface area (Å²) in [5, 5.41) is 12.0. The van der Waals surface area contributed by atoms with E-state index in [4.69, 9.17) is 9.47 Å². The lowest BCUT2D eigenvalue weighted by atomic mass is 9.85. The number of anilines is 1. The van der Waals surface area contributed by atoms with Gasteiger partial charge >= 0.3 is 5.97 Å². The van der Waals surface area contributed by atoms with Crippen molar-refractivity contribution in [2.45, 2.75) is 25.7 Å². The van der Waals surface area contributed by atoms with Crippen LogP contribution >= 0.6 is 0 Å². The van der Waals surface area contributed by atoms with Gasteiger partial charge in [-0.15, -0.1) is 6.58 Å². The number of carbonyl (C=O) groups excluding carboxylic acids is 1. The average molecular weight is 383 g/mol. The second-order valence-corrected chi connectivity index (χ2v) is 6.82. The molecule has 0 aliphatic carbocycles. The fourth-order valence-corrected chi connectivity index (χ4v) is 2.56. The molecular weight excluding hydrogens is 358 g/mol. The first-order chi connectivity index (χ1) is 13.3. The number of hydrogen-bond donors (Lipinski definition) is 2. The Labute approximate surface area is 164 Å². The van der Waals surface area contributed by atoms with Crippen molar-refractivity contribution in [1.82, 2.24) is 0 Å². The number of benzene rings is 2. The number of aliphatic carboxylic acids is 1. The average Bonchev–Trinajstić information content (AvgIpc) is 2.67. The maximum atomic E-state index is 12.2. The van der Waals surface area contributed by atoms with Crippen molar-refractivity contribution in [3.63, 3.8) is 0 Å². The molecule has 0 spiro atoms. The molecule has 6 heteroatoms. The first-order valence-corrected chi connectivity index (χ1v) is 8.82. The number of methoxy groups -OCH3 is 1. The topological polar surface area (TPSA) is 84.9 Å². The highest BCUT2D eigenvalue weighted by Gasteiger charge is 2.29. The van der Waals surface area contributed by atoms with E-state index in [0.29, 0.717) is 29.2 Å². The standard InChI is InChI=1S/C22H25NO5/c1-5-6-15-7-12-18(19(13-15)27-4)28-14-20(24)23-17-10-8-16(9-11-17)22(2,3)21(25)26/h5,7-13H,1,6,14H2,2-4H3,(H,23,24)(H,25,26). The molecule has 0 heterocycles. The van der Waals surface area contributed by atoms with Crippen LogP contribution in [0.25, 0.3) is 0 Å². The van der Waals surface area contributed by atoms with Gasteiger partial charge in [0, 0.05) is 5.69 Å². The Balaban J connectivity index is 1.97. The molecule has 148 valence electrons. The molecule has 0 radical (unpaired) electrons. The Hall–Kier alpha value is -3.28. The van der Waals surface area contributed by atoms with Gasteiger partial charge in [0.1, 0.15) is 0 Å². The molecule has 0 fully saturated rings. The summed E-state index contributed by atoms with van der Waals surface area (Å²) in [6.45, 7) is 6.78. The first kappa shape index (κ1) is 21.0. The predicted octanol–water partition coefficient (Wildman–Crippen LogP) is 3.80. The van der Waals surface area contributed by atoms with E-state index in [9.17, 15) is 14.7 Å². The van der Waals surface area contributed by atoms with Crippen LogP contribution in [0.15, 0.2) is 55.1 Å². The molecule has 0 unspecified atom stereocenters. The third kappa shape index (κ3) is 5.13. The van der Waals surface area contributed by atoms with Gasteiger partial charge in [-0.05, 0) is 55.7 Å². The van der Waals surface area contributed by atoms with Crippen LogP contribution < -0.4 is 14.8 Å². The highest BCUT2D eigenvalue weighted by Crippen LogP contribution is 2.28. The van der Waals surface area contributed by atoms with E-state index in [-0.39, 0.29) is 12.5 Å². The number of ether oxygens (including phenoxy) is 2. The summed E-state index contributed by atoms with van der Waals surface area (Å²) in [5.74, 6) is -0.218. The summed E-state index contributed by atoms with van der Waals surface area (Å²) in [7, 11) is 1.54. The van der Waals surface area contributed by atoms with Gasteiger partial charge in [0.25, 0.3) is 5.91 Å². The van der Waals surface area contributed by atoms with Crippen LogP contribution in [0.2, 0.25) is 0 Å². The molecule has 2 N–H and O–H groups in total. The monoisotopic (exact) mass is 383 g/mol. The molecule has 0 aliphatic rings. The molecule has 0 saturated carbocycles. The van der Waals surface area contributed by atoms with Crippen LogP contribution in [0.3, 0.4) is 0 Å². The normalized spacial score (nSPS) is 10.8. The summed E-state index contributed by atoms with van der Waals surface area (Å²) in [6.07, 6.45) is 2.51. The van der Waals surface area contributed by atoms with Gasteiger partial charge in [-0.2, -0.15) is 0 Å². The van der Waals surface area contributed by atoms with E-state index in [1.54, 1.807) is 57.4 Å². The number of hydrogen-bond acceptors (Lipinski definition) is 4. The lowest BCUT2D eigenvalue weighted by Gasteiger charge is -2.20. The molecular formula is C22H25NO5. The van der Waals surface area contributed by atoms with Gasteiger partial charge in [0.2, 0.25) is 0 Å². The van der Waals surface area contributed by atoms with Crippen molar-refractivity contribution >= 4 is 17.6 Å². The molecule has 0 aromatic heterocycles. The van der Waals surface area contributed by atoms with Crippen LogP contribution in [-0.4, -0.2) is 30.7 Å². The van der Waals surface area contributed by atoms with Gasteiger partial charge in [0.15, 0.2) is 18.1 Å². The molecule has 28 heavy (non-hydrogen) atoms. The number of carboxylic acid groups (broad SMARTS) is 1. The lowest BCUT2D eigenvalue weighted by molar-refractivity contribution is -0.142.